The number of anilines is 1. The lowest BCUT2D eigenvalue weighted by Gasteiger charge is -2.29. The molecule has 2 atom stereocenters. The lowest BCUT2D eigenvalue weighted by atomic mass is 9.88. The third-order valence-corrected chi connectivity index (χ3v) is 5.17. The molecule has 0 aliphatic carbocycles. The number of carbonyl (C=O) groups is 1. The van der Waals surface area contributed by atoms with Gasteiger partial charge in [-0.15, -0.1) is 0 Å². The van der Waals surface area contributed by atoms with Gasteiger partial charge in [-0.2, -0.15) is 0 Å². The van der Waals surface area contributed by atoms with Gasteiger partial charge in [0.05, 0.1) is 25.4 Å². The van der Waals surface area contributed by atoms with E-state index in [9.17, 15) is 4.79 Å². The average molecular weight is 393 g/mol. The molecule has 24 heavy (non-hydrogen) atoms. The average Bonchev–Trinajstić information content (AvgIpc) is 3.21. The molecule has 2 aliphatic heterocycles. The first kappa shape index (κ1) is 17.0. The number of hydrogen-bond donors (Lipinski definition) is 0. The first-order valence-corrected chi connectivity index (χ1v) is 8.69. The van der Waals surface area contributed by atoms with Gasteiger partial charge in [-0.3, -0.25) is 9.74 Å². The van der Waals surface area contributed by atoms with Crippen molar-refractivity contribution in [1.29, 1.82) is 0 Å². The van der Waals surface area contributed by atoms with Crippen LogP contribution in [0.1, 0.15) is 13.3 Å². The van der Waals surface area contributed by atoms with E-state index in [1.54, 1.807) is 4.90 Å². The van der Waals surface area contributed by atoms with Crippen LogP contribution in [0.15, 0.2) is 52.7 Å². The highest BCUT2D eigenvalue weighted by Crippen LogP contribution is 2.40. The lowest BCUT2D eigenvalue weighted by molar-refractivity contribution is 0.143. The minimum absolute atomic E-state index is 0.0239. The quantitative estimate of drug-likeness (QED) is 0.725. The molecule has 1 aromatic carbocycles. The second-order valence-corrected chi connectivity index (χ2v) is 6.94. The number of methoxy groups -OCH3 is 1. The van der Waals surface area contributed by atoms with Gasteiger partial charge in [0.2, 0.25) is 0 Å². The van der Waals surface area contributed by atoms with Gasteiger partial charge in [0.25, 0.3) is 0 Å². The molecule has 0 bridgehead atoms. The van der Waals surface area contributed by atoms with Gasteiger partial charge < -0.3 is 4.74 Å². The third kappa shape index (κ3) is 3.08. The summed E-state index contributed by atoms with van der Waals surface area (Å²) >= 11 is 3.60. The Labute approximate surface area is 150 Å². The van der Waals surface area contributed by atoms with Crippen LogP contribution in [0, 0.1) is 5.92 Å². The van der Waals surface area contributed by atoms with Crippen LogP contribution >= 0.6 is 15.9 Å². The Morgan fingerprint density at radius 3 is 2.83 bits per heavy atom. The van der Waals surface area contributed by atoms with Crippen LogP contribution in [0.25, 0.3) is 0 Å². The maximum absolute atomic E-state index is 11.8. The number of ether oxygens (including phenoxy) is 1. The predicted octanol–water partition coefficient (Wildman–Crippen LogP) is 4.12. The fourth-order valence-corrected chi connectivity index (χ4v) is 3.69. The van der Waals surface area contributed by atoms with Crippen molar-refractivity contribution in [2.75, 3.05) is 25.3 Å². The standard InChI is InChI=1S/C18H21BrN2O3/c1-12(2)14-11-24-21(16-7-5-4-6-15(16)19)17(14)13-8-9-20(10-13)18(22)23-3/h4-7,10,14,17H,1,8-9,11H2,2-3H3/t14-,17+/m0/s1. The van der Waals surface area contributed by atoms with E-state index in [0.29, 0.717) is 13.2 Å². The van der Waals surface area contributed by atoms with Gasteiger partial charge >= 0.3 is 6.09 Å². The van der Waals surface area contributed by atoms with Gasteiger partial charge in [-0.1, -0.05) is 24.3 Å². The molecule has 0 radical (unpaired) electrons. The Morgan fingerprint density at radius 1 is 1.42 bits per heavy atom. The van der Waals surface area contributed by atoms with Gasteiger partial charge in [0.15, 0.2) is 0 Å². The van der Waals surface area contributed by atoms with E-state index in [1.807, 2.05) is 42.5 Å². The highest BCUT2D eigenvalue weighted by Gasteiger charge is 2.41. The first-order valence-electron chi connectivity index (χ1n) is 7.90. The summed E-state index contributed by atoms with van der Waals surface area (Å²) in [6.45, 7) is 7.37. The maximum atomic E-state index is 11.8. The molecule has 1 amide bonds. The number of amides is 1. The molecule has 0 spiro atoms. The summed E-state index contributed by atoms with van der Waals surface area (Å²) in [5.41, 5.74) is 3.21. The van der Waals surface area contributed by atoms with Crippen molar-refractivity contribution < 1.29 is 14.4 Å². The third-order valence-electron chi connectivity index (χ3n) is 4.50. The van der Waals surface area contributed by atoms with Crippen LogP contribution in [0.5, 0.6) is 0 Å². The number of benzene rings is 1. The fraction of sp³-hybridized carbons (Fsp3) is 0.389. The molecule has 2 heterocycles. The summed E-state index contributed by atoms with van der Waals surface area (Å²) in [6.07, 6.45) is 2.36. The zero-order chi connectivity index (χ0) is 17.3. The van der Waals surface area contributed by atoms with Crippen molar-refractivity contribution in [2.24, 2.45) is 5.92 Å². The maximum Gasteiger partial charge on any atom is 0.413 e. The van der Waals surface area contributed by atoms with E-state index in [0.717, 1.165) is 27.7 Å². The Hall–Kier alpha value is -1.79. The number of hydroxylamine groups is 1. The zero-order valence-corrected chi connectivity index (χ0v) is 15.5. The number of para-hydroxylation sites is 1. The number of carbonyl (C=O) groups excluding carboxylic acids is 1. The summed E-state index contributed by atoms with van der Waals surface area (Å²) in [5, 5.41) is 1.94. The SMILES string of the molecule is C=C(C)[C@@H]1CON(c2ccccc2Br)[C@@H]1C1=CN(C(=O)OC)CC1. The second kappa shape index (κ2) is 6.99. The van der Waals surface area contributed by atoms with Crippen molar-refractivity contribution in [3.8, 4) is 0 Å². The Bertz CT molecular complexity index is 689. The van der Waals surface area contributed by atoms with E-state index in [2.05, 4.69) is 22.5 Å². The van der Waals surface area contributed by atoms with Gasteiger partial charge in [-0.25, -0.2) is 9.86 Å². The monoisotopic (exact) mass is 392 g/mol. The summed E-state index contributed by atoms with van der Waals surface area (Å²) in [4.78, 5) is 19.4. The zero-order valence-electron chi connectivity index (χ0n) is 13.9. The molecule has 3 rings (SSSR count). The molecule has 1 fully saturated rings. The predicted molar refractivity (Wildman–Crippen MR) is 96.5 cm³/mol. The highest BCUT2D eigenvalue weighted by atomic mass is 79.9. The Kier molecular flexibility index (Phi) is 4.96. The summed E-state index contributed by atoms with van der Waals surface area (Å²) in [6, 6.07) is 8.00. The van der Waals surface area contributed by atoms with Crippen LogP contribution in [0.4, 0.5) is 10.5 Å². The van der Waals surface area contributed by atoms with E-state index in [1.165, 1.54) is 7.11 Å². The van der Waals surface area contributed by atoms with E-state index < -0.39 is 0 Å². The fourth-order valence-electron chi connectivity index (χ4n) is 3.23. The molecule has 0 saturated carbocycles. The van der Waals surface area contributed by atoms with Crippen LogP contribution in [-0.2, 0) is 9.57 Å². The largest absolute Gasteiger partial charge is 0.452 e. The Balaban J connectivity index is 1.95. The number of halogens is 1. The van der Waals surface area contributed by atoms with Crippen LogP contribution in [0.3, 0.4) is 0 Å². The number of hydrogen-bond acceptors (Lipinski definition) is 4. The molecule has 0 aromatic heterocycles. The van der Waals surface area contributed by atoms with Gasteiger partial charge in [0, 0.05) is 23.1 Å². The molecule has 1 saturated heterocycles. The van der Waals surface area contributed by atoms with Crippen molar-refractivity contribution in [2.45, 2.75) is 19.4 Å². The van der Waals surface area contributed by atoms with E-state index in [-0.39, 0.29) is 18.1 Å². The van der Waals surface area contributed by atoms with E-state index in [4.69, 9.17) is 9.57 Å². The van der Waals surface area contributed by atoms with Crippen LogP contribution in [-0.4, -0.2) is 37.3 Å². The summed E-state index contributed by atoms with van der Waals surface area (Å²) in [5.74, 6) is 0.181. The normalized spacial score (nSPS) is 23.4. The molecular weight excluding hydrogens is 372 g/mol. The van der Waals surface area contributed by atoms with E-state index >= 15 is 0 Å². The smallest absolute Gasteiger partial charge is 0.413 e. The molecule has 2 aliphatic rings. The van der Waals surface area contributed by atoms with Crippen LogP contribution in [0.2, 0.25) is 0 Å². The first-order chi connectivity index (χ1) is 11.5. The van der Waals surface area contributed by atoms with Crippen molar-refractivity contribution >= 4 is 27.7 Å². The second-order valence-electron chi connectivity index (χ2n) is 6.09. The molecule has 0 N–H and O–H groups in total. The topological polar surface area (TPSA) is 42.0 Å². The summed E-state index contributed by atoms with van der Waals surface area (Å²) in [7, 11) is 1.40. The number of rotatable bonds is 3. The Morgan fingerprint density at radius 2 is 2.17 bits per heavy atom. The molecule has 1 aromatic rings. The van der Waals surface area contributed by atoms with Crippen molar-refractivity contribution in [3.63, 3.8) is 0 Å². The molecular formula is C18H21BrN2O3. The lowest BCUT2D eigenvalue weighted by Crippen LogP contribution is -2.34. The van der Waals surface area contributed by atoms with Crippen LogP contribution < -0.4 is 5.06 Å². The van der Waals surface area contributed by atoms with Gasteiger partial charge in [0.1, 0.15) is 0 Å². The number of nitrogens with zero attached hydrogens (tertiary/aromatic N) is 2. The van der Waals surface area contributed by atoms with Gasteiger partial charge in [-0.05, 0) is 47.0 Å². The minimum Gasteiger partial charge on any atom is -0.452 e. The minimum atomic E-state index is -0.330. The molecule has 6 heteroatoms. The van der Waals surface area contributed by atoms with Crippen molar-refractivity contribution in [1.82, 2.24) is 4.90 Å². The molecule has 0 unspecified atom stereocenters. The van der Waals surface area contributed by atoms with Crippen molar-refractivity contribution in [3.05, 3.63) is 52.7 Å². The molecule has 128 valence electrons. The molecule has 5 nitrogen and oxygen atoms in total. The highest BCUT2D eigenvalue weighted by molar-refractivity contribution is 9.10. The summed E-state index contributed by atoms with van der Waals surface area (Å²) < 4.78 is 5.80.